The zero-order chi connectivity index (χ0) is 17.1. The first-order valence-electron chi connectivity index (χ1n) is 8.28. The first kappa shape index (κ1) is 15.2. The van der Waals surface area contributed by atoms with Crippen LogP contribution in [0.25, 0.3) is 11.3 Å². The van der Waals surface area contributed by atoms with Crippen LogP contribution in [0, 0.1) is 11.3 Å². The smallest absolute Gasteiger partial charge is 0.229 e. The van der Waals surface area contributed by atoms with Gasteiger partial charge < -0.3 is 10.6 Å². The molecule has 5 heteroatoms. The molecule has 0 bridgehead atoms. The van der Waals surface area contributed by atoms with Gasteiger partial charge in [0.05, 0.1) is 17.3 Å². The predicted octanol–water partition coefficient (Wildman–Crippen LogP) is 4.33. The maximum Gasteiger partial charge on any atom is 0.229 e. The van der Waals surface area contributed by atoms with Crippen molar-refractivity contribution < 1.29 is 0 Å². The van der Waals surface area contributed by atoms with Crippen molar-refractivity contribution in [3.63, 3.8) is 0 Å². The fraction of sp³-hybridized carbons (Fsp3) is 0.150. The highest BCUT2D eigenvalue weighted by Crippen LogP contribution is 2.27. The number of nitrogens with one attached hydrogen (secondary N) is 2. The Morgan fingerprint density at radius 3 is 2.40 bits per heavy atom. The maximum atomic E-state index is 8.90. The molecule has 2 N–H and O–H groups in total. The number of hydrogen-bond donors (Lipinski definition) is 2. The van der Waals surface area contributed by atoms with Gasteiger partial charge in [-0.25, -0.2) is 4.98 Å². The van der Waals surface area contributed by atoms with E-state index in [0.717, 1.165) is 22.8 Å². The van der Waals surface area contributed by atoms with Crippen molar-refractivity contribution in [1.82, 2.24) is 9.97 Å². The second kappa shape index (κ2) is 6.62. The summed E-state index contributed by atoms with van der Waals surface area (Å²) in [5.41, 5.74) is 3.39. The van der Waals surface area contributed by atoms with Crippen LogP contribution < -0.4 is 10.6 Å². The topological polar surface area (TPSA) is 73.6 Å². The zero-order valence-electron chi connectivity index (χ0n) is 13.6. The molecule has 0 unspecified atom stereocenters. The first-order valence-corrected chi connectivity index (χ1v) is 8.28. The van der Waals surface area contributed by atoms with Gasteiger partial charge in [0.15, 0.2) is 0 Å². The minimum absolute atomic E-state index is 0.515. The molecule has 4 rings (SSSR count). The minimum atomic E-state index is 0.515. The number of hydrogen-bond acceptors (Lipinski definition) is 5. The Labute approximate surface area is 146 Å². The van der Waals surface area contributed by atoms with E-state index in [-0.39, 0.29) is 0 Å². The number of aromatic nitrogens is 2. The molecule has 0 aliphatic heterocycles. The molecule has 1 aliphatic carbocycles. The SMILES string of the molecule is N#Cc1ccc(Nc2nc(NC3CC3)cc(-c3ccccc3)n2)cc1. The van der Waals surface area contributed by atoms with Crippen LogP contribution in [-0.2, 0) is 0 Å². The summed E-state index contributed by atoms with van der Waals surface area (Å²) in [6.45, 7) is 0. The van der Waals surface area contributed by atoms with Gasteiger partial charge in [-0.3, -0.25) is 0 Å². The summed E-state index contributed by atoms with van der Waals surface area (Å²) in [4.78, 5) is 9.22. The van der Waals surface area contributed by atoms with Crippen molar-refractivity contribution in [3.8, 4) is 17.3 Å². The Bertz CT molecular complexity index is 909. The highest BCUT2D eigenvalue weighted by atomic mass is 15.2. The van der Waals surface area contributed by atoms with Gasteiger partial charge in [0.2, 0.25) is 5.95 Å². The first-order chi connectivity index (χ1) is 12.3. The molecular formula is C20H17N5. The van der Waals surface area contributed by atoms with Crippen LogP contribution in [-0.4, -0.2) is 16.0 Å². The Morgan fingerprint density at radius 1 is 0.960 bits per heavy atom. The van der Waals surface area contributed by atoms with Crippen molar-refractivity contribution in [1.29, 1.82) is 5.26 Å². The predicted molar refractivity (Wildman–Crippen MR) is 98.6 cm³/mol. The second-order valence-electron chi connectivity index (χ2n) is 6.06. The normalized spacial score (nSPS) is 13.1. The number of rotatable bonds is 5. The summed E-state index contributed by atoms with van der Waals surface area (Å²) < 4.78 is 0. The Kier molecular flexibility index (Phi) is 4.01. The van der Waals surface area contributed by atoms with Crippen LogP contribution in [0.1, 0.15) is 18.4 Å². The molecule has 1 fully saturated rings. The van der Waals surface area contributed by atoms with Gasteiger partial charge in [-0.2, -0.15) is 10.2 Å². The molecule has 3 aromatic rings. The molecule has 122 valence electrons. The van der Waals surface area contributed by atoms with E-state index in [1.54, 1.807) is 12.1 Å². The number of anilines is 3. The molecule has 0 atom stereocenters. The number of benzene rings is 2. The molecule has 0 saturated heterocycles. The molecule has 0 radical (unpaired) electrons. The van der Waals surface area contributed by atoms with Gasteiger partial charge in [-0.15, -0.1) is 0 Å². The molecule has 25 heavy (non-hydrogen) atoms. The summed E-state index contributed by atoms with van der Waals surface area (Å²) >= 11 is 0. The molecule has 1 aliphatic rings. The Balaban J connectivity index is 1.66. The molecule has 2 aromatic carbocycles. The molecule has 0 spiro atoms. The van der Waals surface area contributed by atoms with Crippen molar-refractivity contribution >= 4 is 17.5 Å². The average molecular weight is 327 g/mol. The second-order valence-corrected chi connectivity index (χ2v) is 6.06. The van der Waals surface area contributed by atoms with E-state index >= 15 is 0 Å². The van der Waals surface area contributed by atoms with E-state index in [1.807, 2.05) is 48.5 Å². The van der Waals surface area contributed by atoms with Crippen LogP contribution in [0.2, 0.25) is 0 Å². The number of nitriles is 1. The van der Waals surface area contributed by atoms with Gasteiger partial charge in [0, 0.05) is 23.4 Å². The average Bonchev–Trinajstić information content (AvgIpc) is 3.47. The van der Waals surface area contributed by atoms with E-state index in [4.69, 9.17) is 5.26 Å². The lowest BCUT2D eigenvalue weighted by Crippen LogP contribution is -2.06. The third-order valence-corrected chi connectivity index (χ3v) is 4.00. The van der Waals surface area contributed by atoms with Gasteiger partial charge in [0.25, 0.3) is 0 Å². The lowest BCUT2D eigenvalue weighted by atomic mass is 10.1. The fourth-order valence-electron chi connectivity index (χ4n) is 2.53. The quantitative estimate of drug-likeness (QED) is 0.729. The summed E-state index contributed by atoms with van der Waals surface area (Å²) in [7, 11) is 0. The molecule has 0 amide bonds. The maximum absolute atomic E-state index is 8.90. The van der Waals surface area contributed by atoms with Crippen molar-refractivity contribution in [2.45, 2.75) is 18.9 Å². The van der Waals surface area contributed by atoms with Crippen molar-refractivity contribution in [2.75, 3.05) is 10.6 Å². The summed E-state index contributed by atoms with van der Waals surface area (Å²) in [5.74, 6) is 1.36. The lowest BCUT2D eigenvalue weighted by Gasteiger charge is -2.11. The molecular weight excluding hydrogens is 310 g/mol. The van der Waals surface area contributed by atoms with E-state index in [0.29, 0.717) is 17.6 Å². The van der Waals surface area contributed by atoms with E-state index in [2.05, 4.69) is 26.7 Å². The van der Waals surface area contributed by atoms with Crippen molar-refractivity contribution in [2.24, 2.45) is 0 Å². The van der Waals surface area contributed by atoms with E-state index < -0.39 is 0 Å². The highest BCUT2D eigenvalue weighted by molar-refractivity contribution is 5.66. The van der Waals surface area contributed by atoms with Crippen LogP contribution in [0.3, 0.4) is 0 Å². The molecule has 1 aromatic heterocycles. The summed E-state index contributed by atoms with van der Waals surface area (Å²) in [5, 5.41) is 15.6. The summed E-state index contributed by atoms with van der Waals surface area (Å²) in [6, 6.07) is 21.9. The largest absolute Gasteiger partial charge is 0.367 e. The summed E-state index contributed by atoms with van der Waals surface area (Å²) in [6.07, 6.45) is 2.37. The highest BCUT2D eigenvalue weighted by Gasteiger charge is 2.22. The van der Waals surface area contributed by atoms with Crippen LogP contribution in [0.5, 0.6) is 0 Å². The Hall–Kier alpha value is -3.39. The molecule has 5 nitrogen and oxygen atoms in total. The van der Waals surface area contributed by atoms with Gasteiger partial charge in [-0.1, -0.05) is 30.3 Å². The Morgan fingerprint density at radius 2 is 1.72 bits per heavy atom. The van der Waals surface area contributed by atoms with Crippen LogP contribution >= 0.6 is 0 Å². The third kappa shape index (κ3) is 3.75. The van der Waals surface area contributed by atoms with Crippen LogP contribution in [0.15, 0.2) is 60.7 Å². The minimum Gasteiger partial charge on any atom is -0.367 e. The standard InChI is InChI=1S/C20H17N5/c21-13-14-6-8-17(9-7-14)23-20-24-18(15-4-2-1-3-5-15)12-19(25-20)22-16-10-11-16/h1-9,12,16H,10-11H2,(H2,22,23,24,25). The van der Waals surface area contributed by atoms with Gasteiger partial charge in [-0.05, 0) is 37.1 Å². The molecule has 1 heterocycles. The van der Waals surface area contributed by atoms with E-state index in [1.165, 1.54) is 12.8 Å². The van der Waals surface area contributed by atoms with E-state index in [9.17, 15) is 0 Å². The third-order valence-electron chi connectivity index (χ3n) is 4.00. The lowest BCUT2D eigenvalue weighted by molar-refractivity contribution is 1.09. The van der Waals surface area contributed by atoms with Crippen LogP contribution in [0.4, 0.5) is 17.5 Å². The van der Waals surface area contributed by atoms with Crippen molar-refractivity contribution in [3.05, 3.63) is 66.2 Å². The monoisotopic (exact) mass is 327 g/mol. The molecule has 1 saturated carbocycles. The van der Waals surface area contributed by atoms with Gasteiger partial charge >= 0.3 is 0 Å². The fourth-order valence-corrected chi connectivity index (χ4v) is 2.53. The zero-order valence-corrected chi connectivity index (χ0v) is 13.6. The number of nitrogens with zero attached hydrogens (tertiary/aromatic N) is 3. The van der Waals surface area contributed by atoms with Gasteiger partial charge in [0.1, 0.15) is 5.82 Å².